The van der Waals surface area contributed by atoms with Gasteiger partial charge in [-0.15, -0.1) is 0 Å². The molecule has 0 aliphatic rings. The first kappa shape index (κ1) is 12.1. The largest absolute Gasteiger partial charge is 0.405 e. The zero-order valence-corrected chi connectivity index (χ0v) is 8.34. The molecule has 0 aliphatic carbocycles. The van der Waals surface area contributed by atoms with Gasteiger partial charge in [0.15, 0.2) is 0 Å². The van der Waals surface area contributed by atoms with Crippen LogP contribution in [0.3, 0.4) is 0 Å². The maximum absolute atomic E-state index is 11.5. The second-order valence-corrected chi connectivity index (χ2v) is 3.79. The quantitative estimate of drug-likeness (QED) is 0.589. The molecule has 12 heavy (non-hydrogen) atoms. The molecule has 74 valence electrons. The molecule has 0 unspecified atom stereocenters. The highest BCUT2D eigenvalue weighted by atomic mass is 31.2. The van der Waals surface area contributed by atoms with Crippen molar-refractivity contribution in [1.29, 1.82) is 0 Å². The molecule has 0 spiro atoms. The van der Waals surface area contributed by atoms with Gasteiger partial charge in [-0.25, -0.2) is 9.65 Å². The van der Waals surface area contributed by atoms with Gasteiger partial charge in [0.1, 0.15) is 0 Å². The molecule has 0 aromatic carbocycles. The number of rotatable bonds is 7. The minimum atomic E-state index is -3.15. The number of nitrogens with one attached hydrogen (secondary N) is 1. The number of aliphatic hydroxyl groups is 1. The summed E-state index contributed by atoms with van der Waals surface area (Å²) in [6, 6.07) is 0. The summed E-state index contributed by atoms with van der Waals surface area (Å²) >= 11 is 0. The zero-order chi connectivity index (χ0) is 9.45. The van der Waals surface area contributed by atoms with Crippen molar-refractivity contribution in [1.82, 2.24) is 5.09 Å². The molecule has 0 rings (SSSR count). The lowest BCUT2D eigenvalue weighted by atomic mass is 10.8. The van der Waals surface area contributed by atoms with E-state index in [1.807, 2.05) is 0 Å². The lowest BCUT2D eigenvalue weighted by Crippen LogP contribution is -2.18. The third-order valence-corrected chi connectivity index (χ3v) is 2.82. The van der Waals surface area contributed by atoms with Crippen LogP contribution in [-0.4, -0.2) is 31.5 Å². The highest BCUT2D eigenvalue weighted by Gasteiger charge is 2.21. The molecule has 0 aromatic heterocycles. The Labute approximate surface area is 72.7 Å². The fourth-order valence-electron chi connectivity index (χ4n) is 0.655. The van der Waals surface area contributed by atoms with Gasteiger partial charge >= 0.3 is 7.75 Å². The van der Waals surface area contributed by atoms with E-state index in [0.717, 1.165) is 0 Å². The van der Waals surface area contributed by atoms with E-state index in [4.69, 9.17) is 14.2 Å². The van der Waals surface area contributed by atoms with Crippen molar-refractivity contribution in [3.8, 4) is 0 Å². The maximum Gasteiger partial charge on any atom is 0.405 e. The van der Waals surface area contributed by atoms with Crippen LogP contribution in [0.15, 0.2) is 0 Å². The Balaban J connectivity index is 3.90. The summed E-state index contributed by atoms with van der Waals surface area (Å²) in [5, 5.41) is 11.0. The minimum absolute atomic E-state index is 0.0931. The molecule has 0 heterocycles. The van der Waals surface area contributed by atoms with E-state index in [2.05, 4.69) is 5.09 Å². The Morgan fingerprint density at radius 1 is 1.33 bits per heavy atom. The van der Waals surface area contributed by atoms with Crippen LogP contribution in [0.1, 0.15) is 13.8 Å². The van der Waals surface area contributed by atoms with Crippen LogP contribution in [-0.2, 0) is 13.6 Å². The minimum Gasteiger partial charge on any atom is -0.395 e. The summed E-state index contributed by atoms with van der Waals surface area (Å²) in [5.41, 5.74) is 0. The van der Waals surface area contributed by atoms with Crippen LogP contribution in [0.25, 0.3) is 0 Å². The van der Waals surface area contributed by atoms with Gasteiger partial charge < -0.3 is 5.11 Å². The van der Waals surface area contributed by atoms with Crippen molar-refractivity contribution in [2.45, 2.75) is 13.8 Å². The van der Waals surface area contributed by atoms with Gasteiger partial charge in [0.2, 0.25) is 0 Å². The molecule has 6 heteroatoms. The number of hydrogen-bond donors (Lipinski definition) is 2. The van der Waals surface area contributed by atoms with E-state index in [1.54, 1.807) is 13.8 Å². The van der Waals surface area contributed by atoms with Gasteiger partial charge in [0, 0.05) is 6.54 Å². The number of hydrogen-bond acceptors (Lipinski definition) is 4. The van der Waals surface area contributed by atoms with Crippen molar-refractivity contribution in [2.75, 3.05) is 26.4 Å². The summed E-state index contributed by atoms with van der Waals surface area (Å²) in [5.74, 6) is 0. The summed E-state index contributed by atoms with van der Waals surface area (Å²) in [6.45, 7) is 4.20. The summed E-state index contributed by atoms with van der Waals surface area (Å²) in [4.78, 5) is 0. The van der Waals surface area contributed by atoms with Crippen LogP contribution in [0.2, 0.25) is 0 Å². The van der Waals surface area contributed by atoms with Crippen LogP contribution in [0, 0.1) is 0 Å². The van der Waals surface area contributed by atoms with Gasteiger partial charge in [-0.2, -0.15) is 0 Å². The third-order valence-electron chi connectivity index (χ3n) is 1.02. The Morgan fingerprint density at radius 3 is 2.17 bits per heavy atom. The fraction of sp³-hybridized carbons (Fsp3) is 1.00. The molecule has 0 fully saturated rings. The SMILES string of the molecule is CCOP(=O)(NCCO)OCC. The van der Waals surface area contributed by atoms with Crippen LogP contribution >= 0.6 is 7.75 Å². The Morgan fingerprint density at radius 2 is 1.83 bits per heavy atom. The van der Waals surface area contributed by atoms with E-state index >= 15 is 0 Å². The van der Waals surface area contributed by atoms with Crippen molar-refractivity contribution in [3.05, 3.63) is 0 Å². The molecule has 0 saturated carbocycles. The van der Waals surface area contributed by atoms with E-state index in [-0.39, 0.29) is 13.2 Å². The fourth-order valence-corrected chi connectivity index (χ4v) is 1.97. The molecule has 0 amide bonds. The highest BCUT2D eigenvalue weighted by Crippen LogP contribution is 2.42. The lowest BCUT2D eigenvalue weighted by molar-refractivity contribution is 0.205. The molecule has 0 bridgehead atoms. The monoisotopic (exact) mass is 197 g/mol. The lowest BCUT2D eigenvalue weighted by Gasteiger charge is -2.16. The maximum atomic E-state index is 11.5. The Hall–Kier alpha value is 0.0700. The third kappa shape index (κ3) is 4.85. The van der Waals surface area contributed by atoms with E-state index < -0.39 is 7.75 Å². The zero-order valence-electron chi connectivity index (χ0n) is 7.45. The topological polar surface area (TPSA) is 67.8 Å². The molecule has 0 aromatic rings. The molecule has 2 N–H and O–H groups in total. The van der Waals surface area contributed by atoms with E-state index in [9.17, 15) is 4.57 Å². The van der Waals surface area contributed by atoms with Crippen molar-refractivity contribution in [2.24, 2.45) is 0 Å². The summed E-state index contributed by atoms with van der Waals surface area (Å²) in [6.07, 6.45) is 0. The van der Waals surface area contributed by atoms with E-state index in [0.29, 0.717) is 13.2 Å². The van der Waals surface area contributed by atoms with Gasteiger partial charge in [0.25, 0.3) is 0 Å². The van der Waals surface area contributed by atoms with Gasteiger partial charge in [-0.1, -0.05) is 0 Å². The predicted octanol–water partition coefficient (Wildman–Crippen LogP) is 0.749. The average molecular weight is 197 g/mol. The Bertz CT molecular complexity index is 142. The van der Waals surface area contributed by atoms with Crippen LogP contribution in [0.5, 0.6) is 0 Å². The molecule has 0 atom stereocenters. The first-order valence-corrected chi connectivity index (χ1v) is 5.48. The Kier molecular flexibility index (Phi) is 6.61. The van der Waals surface area contributed by atoms with Crippen LogP contribution in [0.4, 0.5) is 0 Å². The van der Waals surface area contributed by atoms with Crippen molar-refractivity contribution < 1.29 is 18.7 Å². The summed E-state index contributed by atoms with van der Waals surface area (Å²) in [7, 11) is -3.15. The molecule has 0 aliphatic heterocycles. The first-order valence-electron chi connectivity index (χ1n) is 3.93. The number of aliphatic hydroxyl groups excluding tert-OH is 1. The summed E-state index contributed by atoms with van der Waals surface area (Å²) < 4.78 is 21.3. The standard InChI is InChI=1S/C6H16NO4P/c1-3-10-12(9,11-4-2)7-5-6-8/h8H,3-6H2,1-2H3,(H,7,9). The first-order chi connectivity index (χ1) is 5.68. The molecular formula is C6H16NO4P. The second kappa shape index (κ2) is 6.57. The second-order valence-electron chi connectivity index (χ2n) is 1.96. The average Bonchev–Trinajstić information content (AvgIpc) is 2.02. The normalized spacial score (nSPS) is 11.9. The molecule has 0 radical (unpaired) electrons. The van der Waals surface area contributed by atoms with Gasteiger partial charge in [-0.3, -0.25) is 9.05 Å². The van der Waals surface area contributed by atoms with Crippen molar-refractivity contribution in [3.63, 3.8) is 0 Å². The molecule has 5 nitrogen and oxygen atoms in total. The van der Waals surface area contributed by atoms with E-state index in [1.165, 1.54) is 0 Å². The highest BCUT2D eigenvalue weighted by molar-refractivity contribution is 7.51. The van der Waals surface area contributed by atoms with Gasteiger partial charge in [0.05, 0.1) is 19.8 Å². The van der Waals surface area contributed by atoms with Crippen LogP contribution < -0.4 is 5.09 Å². The predicted molar refractivity (Wildman–Crippen MR) is 45.9 cm³/mol. The molecular weight excluding hydrogens is 181 g/mol. The van der Waals surface area contributed by atoms with Gasteiger partial charge in [-0.05, 0) is 13.8 Å². The molecule has 0 saturated heterocycles. The smallest absolute Gasteiger partial charge is 0.395 e. The van der Waals surface area contributed by atoms with Crippen molar-refractivity contribution >= 4 is 7.75 Å².